The van der Waals surface area contributed by atoms with Crippen molar-refractivity contribution >= 4 is 29.0 Å². The molecule has 4 heterocycles. The van der Waals surface area contributed by atoms with Crippen molar-refractivity contribution in [2.45, 2.75) is 6.54 Å². The van der Waals surface area contributed by atoms with Gasteiger partial charge in [-0.15, -0.1) is 0 Å². The Morgan fingerprint density at radius 3 is 2.32 bits per heavy atom. The molecule has 5 rings (SSSR count). The Morgan fingerprint density at radius 1 is 0.912 bits per heavy atom. The summed E-state index contributed by atoms with van der Waals surface area (Å²) in [5.74, 6) is 0.986. The number of amides is 1. The molecule has 0 aliphatic carbocycles. The number of anilines is 2. The minimum atomic E-state index is 0.121. The number of carbonyl (C=O) groups excluding carboxylic acids is 1. The van der Waals surface area contributed by atoms with Gasteiger partial charge in [0.1, 0.15) is 11.5 Å². The molecule has 2 saturated heterocycles. The number of aryl methyl sites for hydroxylation is 1. The fraction of sp³-hybridized carbons (Fsp3) is 0.385. The van der Waals surface area contributed by atoms with Crippen LogP contribution in [0.4, 0.5) is 11.5 Å². The summed E-state index contributed by atoms with van der Waals surface area (Å²) in [6.07, 6.45) is 3.88. The number of nitrogens with zero attached hydrogens (tertiary/aromatic N) is 6. The molecule has 34 heavy (non-hydrogen) atoms. The molecule has 0 N–H and O–H groups in total. The Labute approximate surface area is 206 Å². The molecule has 1 aromatic carbocycles. The number of piperazine rings is 2. The van der Waals surface area contributed by atoms with E-state index < -0.39 is 0 Å². The molecule has 0 saturated carbocycles. The molecule has 0 bridgehead atoms. The van der Waals surface area contributed by atoms with Crippen LogP contribution in [0.1, 0.15) is 16.1 Å². The van der Waals surface area contributed by atoms with Crippen LogP contribution in [0.5, 0.6) is 0 Å². The first-order chi connectivity index (χ1) is 16.6. The van der Waals surface area contributed by atoms with Gasteiger partial charge in [0.25, 0.3) is 5.91 Å². The number of benzene rings is 1. The highest BCUT2D eigenvalue weighted by Crippen LogP contribution is 2.24. The summed E-state index contributed by atoms with van der Waals surface area (Å²) in [5.41, 5.74) is 3.17. The van der Waals surface area contributed by atoms with Crippen LogP contribution < -0.4 is 9.80 Å². The van der Waals surface area contributed by atoms with Gasteiger partial charge in [0.15, 0.2) is 0 Å². The maximum atomic E-state index is 13.2. The molecule has 0 spiro atoms. The molecule has 2 fully saturated rings. The summed E-state index contributed by atoms with van der Waals surface area (Å²) in [4.78, 5) is 26.7. The topological polar surface area (TPSA) is 47.9 Å². The minimum Gasteiger partial charge on any atom is -0.368 e. The average Bonchev–Trinajstić information content (AvgIpc) is 3.25. The van der Waals surface area contributed by atoms with E-state index in [9.17, 15) is 4.79 Å². The number of halogens is 1. The van der Waals surface area contributed by atoms with Crippen LogP contribution in [0.2, 0.25) is 5.02 Å². The maximum Gasteiger partial charge on any atom is 0.270 e. The first kappa shape index (κ1) is 22.7. The summed E-state index contributed by atoms with van der Waals surface area (Å²) < 4.78 is 1.98. The van der Waals surface area contributed by atoms with Gasteiger partial charge in [0.05, 0.1) is 5.02 Å². The molecule has 2 aliphatic rings. The lowest BCUT2D eigenvalue weighted by molar-refractivity contribution is 0.0737. The van der Waals surface area contributed by atoms with E-state index >= 15 is 0 Å². The SMILES string of the molecule is Cn1cc(CN2CCN(c3ncccc3Cl)CC2)cc1C(=O)N1CCN(c2ccccc2)CC1. The van der Waals surface area contributed by atoms with Gasteiger partial charge in [0.2, 0.25) is 0 Å². The largest absolute Gasteiger partial charge is 0.368 e. The van der Waals surface area contributed by atoms with E-state index in [2.05, 4.69) is 56.2 Å². The second-order valence-electron chi connectivity index (χ2n) is 9.03. The molecule has 178 valence electrons. The normalized spacial score (nSPS) is 17.3. The summed E-state index contributed by atoms with van der Waals surface area (Å²) in [5, 5.41) is 0.701. The lowest BCUT2D eigenvalue weighted by Crippen LogP contribution is -2.49. The van der Waals surface area contributed by atoms with E-state index in [1.54, 1.807) is 6.20 Å². The summed E-state index contributed by atoms with van der Waals surface area (Å²) >= 11 is 6.32. The van der Waals surface area contributed by atoms with Gasteiger partial charge in [-0.1, -0.05) is 29.8 Å². The zero-order valence-corrected chi connectivity index (χ0v) is 20.4. The van der Waals surface area contributed by atoms with E-state index in [0.29, 0.717) is 5.02 Å². The Balaban J connectivity index is 1.16. The number of rotatable bonds is 5. The molecule has 0 radical (unpaired) electrons. The van der Waals surface area contributed by atoms with Crippen molar-refractivity contribution in [2.75, 3.05) is 62.2 Å². The summed E-state index contributed by atoms with van der Waals surface area (Å²) in [7, 11) is 1.97. The fourth-order valence-electron chi connectivity index (χ4n) is 4.89. The minimum absolute atomic E-state index is 0.121. The number of hydrogen-bond donors (Lipinski definition) is 0. The smallest absolute Gasteiger partial charge is 0.270 e. The highest BCUT2D eigenvalue weighted by atomic mass is 35.5. The van der Waals surface area contributed by atoms with Crippen molar-refractivity contribution in [1.82, 2.24) is 19.4 Å². The predicted molar refractivity (Wildman–Crippen MR) is 137 cm³/mol. The highest BCUT2D eigenvalue weighted by molar-refractivity contribution is 6.32. The lowest BCUT2D eigenvalue weighted by Gasteiger charge is -2.36. The van der Waals surface area contributed by atoms with E-state index in [1.807, 2.05) is 34.7 Å². The number of pyridine rings is 1. The van der Waals surface area contributed by atoms with Gasteiger partial charge in [-0.25, -0.2) is 4.98 Å². The molecule has 1 amide bonds. The molecule has 3 aromatic rings. The van der Waals surface area contributed by atoms with E-state index in [1.165, 1.54) is 11.3 Å². The van der Waals surface area contributed by atoms with Crippen LogP contribution in [0, 0.1) is 0 Å². The lowest BCUT2D eigenvalue weighted by atomic mass is 10.2. The summed E-state index contributed by atoms with van der Waals surface area (Å²) in [6.45, 7) is 7.70. The van der Waals surface area contributed by atoms with Crippen LogP contribution >= 0.6 is 11.6 Å². The van der Waals surface area contributed by atoms with Gasteiger partial charge < -0.3 is 19.3 Å². The zero-order valence-electron chi connectivity index (χ0n) is 19.6. The summed E-state index contributed by atoms with van der Waals surface area (Å²) in [6, 6.07) is 16.2. The Morgan fingerprint density at radius 2 is 1.62 bits per heavy atom. The molecule has 2 aromatic heterocycles. The molecular formula is C26H31ClN6O. The van der Waals surface area contributed by atoms with Crippen molar-refractivity contribution in [1.29, 1.82) is 0 Å². The average molecular weight is 479 g/mol. The van der Waals surface area contributed by atoms with Gasteiger partial charge in [-0.05, 0) is 35.9 Å². The number of aromatic nitrogens is 2. The first-order valence-electron chi connectivity index (χ1n) is 11.9. The van der Waals surface area contributed by atoms with Crippen LogP contribution in [-0.2, 0) is 13.6 Å². The van der Waals surface area contributed by atoms with Crippen molar-refractivity contribution < 1.29 is 4.79 Å². The third-order valence-electron chi connectivity index (χ3n) is 6.79. The van der Waals surface area contributed by atoms with E-state index in [4.69, 9.17) is 11.6 Å². The second kappa shape index (κ2) is 10.1. The Hall–Kier alpha value is -3.03. The molecule has 0 atom stereocenters. The maximum absolute atomic E-state index is 13.2. The van der Waals surface area contributed by atoms with Gasteiger partial charge >= 0.3 is 0 Å². The molecule has 7 nitrogen and oxygen atoms in total. The van der Waals surface area contributed by atoms with Gasteiger partial charge in [-0.3, -0.25) is 9.69 Å². The van der Waals surface area contributed by atoms with Crippen molar-refractivity contribution in [3.05, 3.63) is 77.2 Å². The molecule has 2 aliphatic heterocycles. The fourth-order valence-corrected chi connectivity index (χ4v) is 5.13. The van der Waals surface area contributed by atoms with Gasteiger partial charge in [-0.2, -0.15) is 0 Å². The third kappa shape index (κ3) is 4.91. The quantitative estimate of drug-likeness (QED) is 0.562. The zero-order chi connectivity index (χ0) is 23.5. The first-order valence-corrected chi connectivity index (χ1v) is 12.3. The monoisotopic (exact) mass is 478 g/mol. The Kier molecular flexibility index (Phi) is 6.74. The van der Waals surface area contributed by atoms with E-state index in [0.717, 1.165) is 70.4 Å². The Bertz CT molecular complexity index is 1120. The highest BCUT2D eigenvalue weighted by Gasteiger charge is 2.25. The number of hydrogen-bond acceptors (Lipinski definition) is 5. The van der Waals surface area contributed by atoms with Gasteiger partial charge in [0, 0.05) is 84.0 Å². The van der Waals surface area contributed by atoms with Crippen LogP contribution in [0.15, 0.2) is 60.9 Å². The standard InChI is InChI=1S/C26H31ClN6O/c1-29-19-21(20-30-10-12-32(13-11-30)25-23(27)8-5-9-28-25)18-24(29)26(34)33-16-14-31(15-17-33)22-6-3-2-4-7-22/h2-9,18-19H,10-17,20H2,1H3. The van der Waals surface area contributed by atoms with Crippen LogP contribution in [-0.4, -0.2) is 77.6 Å². The second-order valence-corrected chi connectivity index (χ2v) is 9.44. The van der Waals surface area contributed by atoms with E-state index in [-0.39, 0.29) is 5.91 Å². The van der Waals surface area contributed by atoms with Crippen LogP contribution in [0.25, 0.3) is 0 Å². The number of para-hydroxylation sites is 1. The predicted octanol–water partition coefficient (Wildman–Crippen LogP) is 3.36. The molecule has 8 heteroatoms. The van der Waals surface area contributed by atoms with Crippen LogP contribution in [0.3, 0.4) is 0 Å². The third-order valence-corrected chi connectivity index (χ3v) is 7.08. The van der Waals surface area contributed by atoms with Crippen molar-refractivity contribution in [3.8, 4) is 0 Å². The molecule has 0 unspecified atom stereocenters. The molecular weight excluding hydrogens is 448 g/mol. The van der Waals surface area contributed by atoms with Crippen molar-refractivity contribution in [3.63, 3.8) is 0 Å². The van der Waals surface area contributed by atoms with Crippen molar-refractivity contribution in [2.24, 2.45) is 7.05 Å². The number of carbonyl (C=O) groups is 1.